The fourth-order valence-corrected chi connectivity index (χ4v) is 2.80. The van der Waals surface area contributed by atoms with Crippen LogP contribution in [0.25, 0.3) is 0 Å². The van der Waals surface area contributed by atoms with Crippen molar-refractivity contribution < 1.29 is 18.7 Å². The first-order valence-corrected chi connectivity index (χ1v) is 7.95. The Labute approximate surface area is 134 Å². The van der Waals surface area contributed by atoms with E-state index in [9.17, 15) is 18.7 Å². The highest BCUT2D eigenvalue weighted by Gasteiger charge is 2.22. The molecule has 0 bridgehead atoms. The zero-order valence-corrected chi connectivity index (χ0v) is 13.0. The molecule has 1 aliphatic rings. The largest absolute Gasteiger partial charge is 0.395 e. The average Bonchev–Trinajstić information content (AvgIpc) is 2.97. The molecule has 1 heterocycles. The standard InChI is InChI=1S/C16H23F2N3O2/c17-12-5-6-15(14(18)10-12)20-16(23)19-7-1-2-8-21-9-3-4-13(21)11-22/h5-6,10,13,22H,1-4,7-9,11H2,(H2,19,20,23). The molecule has 2 rings (SSSR count). The SMILES string of the molecule is O=C(NCCCCN1CCCC1CO)Nc1ccc(F)cc1F. The van der Waals surface area contributed by atoms with Crippen LogP contribution in [0.2, 0.25) is 0 Å². The number of carbonyl (C=O) groups is 1. The van der Waals surface area contributed by atoms with Crippen molar-refractivity contribution in [2.75, 3.05) is 31.6 Å². The van der Waals surface area contributed by atoms with Gasteiger partial charge in [-0.15, -0.1) is 0 Å². The van der Waals surface area contributed by atoms with Crippen LogP contribution < -0.4 is 10.6 Å². The molecule has 2 amide bonds. The zero-order chi connectivity index (χ0) is 16.7. The first-order valence-electron chi connectivity index (χ1n) is 7.95. The predicted molar refractivity (Wildman–Crippen MR) is 84.3 cm³/mol. The summed E-state index contributed by atoms with van der Waals surface area (Å²) < 4.78 is 26.2. The van der Waals surface area contributed by atoms with Gasteiger partial charge < -0.3 is 15.7 Å². The van der Waals surface area contributed by atoms with E-state index in [-0.39, 0.29) is 18.3 Å². The summed E-state index contributed by atoms with van der Waals surface area (Å²) in [6.45, 7) is 2.60. The maximum Gasteiger partial charge on any atom is 0.319 e. The van der Waals surface area contributed by atoms with E-state index in [0.29, 0.717) is 6.54 Å². The number of nitrogens with zero attached hydrogens (tertiary/aromatic N) is 1. The second-order valence-corrected chi connectivity index (χ2v) is 5.73. The minimum absolute atomic E-state index is 0.0493. The predicted octanol–water partition coefficient (Wildman–Crippen LogP) is 2.32. The minimum atomic E-state index is -0.802. The van der Waals surface area contributed by atoms with E-state index in [4.69, 9.17) is 0 Å². The molecule has 1 saturated heterocycles. The second-order valence-electron chi connectivity index (χ2n) is 5.73. The third-order valence-corrected chi connectivity index (χ3v) is 4.05. The first kappa shape index (κ1) is 17.6. The van der Waals surface area contributed by atoms with Crippen LogP contribution >= 0.6 is 0 Å². The number of amides is 2. The lowest BCUT2D eigenvalue weighted by molar-refractivity contribution is 0.157. The molecule has 1 aromatic carbocycles. The van der Waals surface area contributed by atoms with E-state index in [1.54, 1.807) is 0 Å². The third kappa shape index (κ3) is 5.44. The Morgan fingerprint density at radius 1 is 1.35 bits per heavy atom. The van der Waals surface area contributed by atoms with E-state index < -0.39 is 17.7 Å². The third-order valence-electron chi connectivity index (χ3n) is 4.05. The van der Waals surface area contributed by atoms with Gasteiger partial charge in [-0.25, -0.2) is 13.6 Å². The summed E-state index contributed by atoms with van der Waals surface area (Å²) in [5.74, 6) is -1.49. The number of likely N-dealkylation sites (tertiary alicyclic amines) is 1. The first-order chi connectivity index (χ1) is 11.1. The van der Waals surface area contributed by atoms with Gasteiger partial charge in [0.15, 0.2) is 0 Å². The fourth-order valence-electron chi connectivity index (χ4n) is 2.80. The molecule has 23 heavy (non-hydrogen) atoms. The van der Waals surface area contributed by atoms with Gasteiger partial charge in [-0.1, -0.05) is 0 Å². The fraction of sp³-hybridized carbons (Fsp3) is 0.562. The van der Waals surface area contributed by atoms with E-state index in [1.807, 2.05) is 0 Å². The number of hydrogen-bond donors (Lipinski definition) is 3. The van der Waals surface area contributed by atoms with Crippen LogP contribution in [0, 0.1) is 11.6 Å². The number of rotatable bonds is 7. The number of benzene rings is 1. The quantitative estimate of drug-likeness (QED) is 0.674. The second kappa shape index (κ2) is 8.79. The molecule has 1 unspecified atom stereocenters. The van der Waals surface area contributed by atoms with Gasteiger partial charge in [-0.2, -0.15) is 0 Å². The van der Waals surface area contributed by atoms with Crippen LogP contribution in [0.1, 0.15) is 25.7 Å². The Kier molecular flexibility index (Phi) is 6.73. The van der Waals surface area contributed by atoms with Crippen molar-refractivity contribution in [2.24, 2.45) is 0 Å². The van der Waals surface area contributed by atoms with Gasteiger partial charge in [0.05, 0.1) is 12.3 Å². The van der Waals surface area contributed by atoms with Crippen LogP contribution in [-0.2, 0) is 0 Å². The molecule has 1 atom stereocenters. The van der Waals surface area contributed by atoms with E-state index in [1.165, 1.54) is 6.07 Å². The van der Waals surface area contributed by atoms with Crippen molar-refractivity contribution in [2.45, 2.75) is 31.7 Å². The van der Waals surface area contributed by atoms with Crippen molar-refractivity contribution in [3.8, 4) is 0 Å². The molecule has 1 fully saturated rings. The molecule has 7 heteroatoms. The lowest BCUT2D eigenvalue weighted by atomic mass is 10.2. The number of urea groups is 1. The molecular weight excluding hydrogens is 304 g/mol. The number of carbonyl (C=O) groups excluding carboxylic acids is 1. The molecular formula is C16H23F2N3O2. The summed E-state index contributed by atoms with van der Waals surface area (Å²) in [6.07, 6.45) is 3.88. The van der Waals surface area contributed by atoms with Crippen molar-refractivity contribution in [3.05, 3.63) is 29.8 Å². The van der Waals surface area contributed by atoms with Gasteiger partial charge in [0.25, 0.3) is 0 Å². The number of anilines is 1. The number of nitrogens with one attached hydrogen (secondary N) is 2. The summed E-state index contributed by atoms with van der Waals surface area (Å²) in [4.78, 5) is 13.9. The molecule has 3 N–H and O–H groups in total. The molecule has 5 nitrogen and oxygen atoms in total. The highest BCUT2D eigenvalue weighted by Crippen LogP contribution is 2.17. The number of aliphatic hydroxyl groups is 1. The average molecular weight is 327 g/mol. The molecule has 128 valence electrons. The van der Waals surface area contributed by atoms with Gasteiger partial charge >= 0.3 is 6.03 Å². The van der Waals surface area contributed by atoms with Crippen LogP contribution in [0.3, 0.4) is 0 Å². The smallest absolute Gasteiger partial charge is 0.319 e. The number of unbranched alkanes of at least 4 members (excludes halogenated alkanes) is 1. The topological polar surface area (TPSA) is 64.6 Å². The van der Waals surface area contributed by atoms with E-state index in [0.717, 1.165) is 50.9 Å². The number of halogens is 2. The Balaban J connectivity index is 1.61. The lowest BCUT2D eigenvalue weighted by Gasteiger charge is -2.22. The molecule has 1 aromatic rings. The molecule has 0 aromatic heterocycles. The van der Waals surface area contributed by atoms with E-state index >= 15 is 0 Å². The summed E-state index contributed by atoms with van der Waals surface area (Å²) in [5, 5.41) is 14.2. The minimum Gasteiger partial charge on any atom is -0.395 e. The normalized spacial score (nSPS) is 18.1. The maximum atomic E-state index is 13.4. The summed E-state index contributed by atoms with van der Waals surface area (Å²) in [7, 11) is 0. The van der Waals surface area contributed by atoms with Crippen molar-refractivity contribution in [1.82, 2.24) is 10.2 Å². The van der Waals surface area contributed by atoms with Gasteiger partial charge in [0.1, 0.15) is 11.6 Å². The highest BCUT2D eigenvalue weighted by atomic mass is 19.1. The van der Waals surface area contributed by atoms with Gasteiger partial charge in [0, 0.05) is 18.7 Å². The molecule has 0 spiro atoms. The van der Waals surface area contributed by atoms with Crippen LogP contribution in [0.15, 0.2) is 18.2 Å². The number of hydrogen-bond acceptors (Lipinski definition) is 3. The Morgan fingerprint density at radius 3 is 2.91 bits per heavy atom. The van der Waals surface area contributed by atoms with Gasteiger partial charge in [0.2, 0.25) is 0 Å². The van der Waals surface area contributed by atoms with Crippen molar-refractivity contribution >= 4 is 11.7 Å². The number of aliphatic hydroxyl groups excluding tert-OH is 1. The highest BCUT2D eigenvalue weighted by molar-refractivity contribution is 5.89. The summed E-state index contributed by atoms with van der Waals surface area (Å²) in [5.41, 5.74) is -0.0493. The maximum absolute atomic E-state index is 13.4. The van der Waals surface area contributed by atoms with Gasteiger partial charge in [-0.05, 0) is 50.9 Å². The molecule has 0 aliphatic carbocycles. The van der Waals surface area contributed by atoms with Crippen molar-refractivity contribution in [1.29, 1.82) is 0 Å². The van der Waals surface area contributed by atoms with Crippen molar-refractivity contribution in [3.63, 3.8) is 0 Å². The molecule has 1 aliphatic heterocycles. The van der Waals surface area contributed by atoms with Crippen LogP contribution in [-0.4, -0.2) is 48.3 Å². The lowest BCUT2D eigenvalue weighted by Crippen LogP contribution is -2.34. The Hall–Kier alpha value is -1.73. The Bertz CT molecular complexity index is 528. The molecule has 0 saturated carbocycles. The van der Waals surface area contributed by atoms with Crippen LogP contribution in [0.4, 0.5) is 19.3 Å². The molecule has 0 radical (unpaired) electrons. The summed E-state index contributed by atoms with van der Waals surface area (Å²) in [6, 6.07) is 2.76. The van der Waals surface area contributed by atoms with E-state index in [2.05, 4.69) is 15.5 Å². The van der Waals surface area contributed by atoms with Crippen LogP contribution in [0.5, 0.6) is 0 Å². The monoisotopic (exact) mass is 327 g/mol. The zero-order valence-electron chi connectivity index (χ0n) is 13.0. The summed E-state index contributed by atoms with van der Waals surface area (Å²) >= 11 is 0. The Morgan fingerprint density at radius 2 is 2.17 bits per heavy atom. The van der Waals surface area contributed by atoms with Gasteiger partial charge in [-0.3, -0.25) is 4.90 Å².